The van der Waals surface area contributed by atoms with Gasteiger partial charge in [-0.05, 0) is 35.9 Å². The predicted octanol–water partition coefficient (Wildman–Crippen LogP) is 2.59. The van der Waals surface area contributed by atoms with Crippen LogP contribution >= 0.6 is 0 Å². The van der Waals surface area contributed by atoms with E-state index < -0.39 is 6.04 Å². The number of nitrogens with two attached hydrogens (primary N) is 1. The van der Waals surface area contributed by atoms with Crippen molar-refractivity contribution in [1.82, 2.24) is 5.32 Å². The SMILES string of the molecule is NCCNC(=O)c1ccc2c(c1)NC(=O)C(Cc1ccccc1)N2C(=O)c1ccccc1. The molecule has 162 valence electrons. The van der Waals surface area contributed by atoms with Crippen LogP contribution in [0.3, 0.4) is 0 Å². The van der Waals surface area contributed by atoms with Crippen LogP contribution in [0.1, 0.15) is 26.3 Å². The van der Waals surface area contributed by atoms with Gasteiger partial charge in [0.2, 0.25) is 5.91 Å². The van der Waals surface area contributed by atoms with Crippen molar-refractivity contribution in [2.45, 2.75) is 12.5 Å². The van der Waals surface area contributed by atoms with Gasteiger partial charge in [-0.1, -0.05) is 48.5 Å². The molecule has 1 atom stereocenters. The highest BCUT2D eigenvalue weighted by Crippen LogP contribution is 2.35. The second kappa shape index (κ2) is 9.45. The number of amides is 3. The number of anilines is 2. The average Bonchev–Trinajstić information content (AvgIpc) is 2.83. The largest absolute Gasteiger partial charge is 0.351 e. The van der Waals surface area contributed by atoms with Crippen LogP contribution in [-0.2, 0) is 11.2 Å². The average molecular weight is 428 g/mol. The van der Waals surface area contributed by atoms with Crippen LogP contribution in [0.2, 0.25) is 0 Å². The van der Waals surface area contributed by atoms with E-state index in [1.54, 1.807) is 42.5 Å². The van der Waals surface area contributed by atoms with Crippen LogP contribution in [0, 0.1) is 0 Å². The van der Waals surface area contributed by atoms with Crippen molar-refractivity contribution < 1.29 is 14.4 Å². The minimum atomic E-state index is -0.727. The molecule has 1 aliphatic rings. The summed E-state index contributed by atoms with van der Waals surface area (Å²) in [5, 5.41) is 5.59. The van der Waals surface area contributed by atoms with E-state index in [9.17, 15) is 14.4 Å². The van der Waals surface area contributed by atoms with E-state index in [1.165, 1.54) is 4.90 Å². The maximum Gasteiger partial charge on any atom is 0.259 e. The molecule has 4 rings (SSSR count). The second-order valence-electron chi connectivity index (χ2n) is 7.51. The quantitative estimate of drug-likeness (QED) is 0.561. The maximum atomic E-state index is 13.5. The van der Waals surface area contributed by atoms with Crippen molar-refractivity contribution in [3.8, 4) is 0 Å². The zero-order valence-corrected chi connectivity index (χ0v) is 17.5. The zero-order chi connectivity index (χ0) is 22.5. The standard InChI is InChI=1S/C25H24N4O3/c26-13-14-27-23(30)19-11-12-21-20(16-19)28-24(31)22(15-17-7-3-1-4-8-17)29(21)25(32)18-9-5-2-6-10-18/h1-12,16,22H,13-15,26H2,(H,27,30)(H,28,31). The molecule has 0 bridgehead atoms. The van der Waals surface area contributed by atoms with E-state index in [1.807, 2.05) is 36.4 Å². The van der Waals surface area contributed by atoms with Gasteiger partial charge >= 0.3 is 0 Å². The molecule has 3 amide bonds. The summed E-state index contributed by atoms with van der Waals surface area (Å²) in [6, 6.07) is 22.6. The first-order valence-electron chi connectivity index (χ1n) is 10.4. The Balaban J connectivity index is 1.74. The molecule has 4 N–H and O–H groups in total. The van der Waals surface area contributed by atoms with E-state index in [0.29, 0.717) is 42.0 Å². The van der Waals surface area contributed by atoms with Gasteiger partial charge in [0, 0.05) is 30.6 Å². The fourth-order valence-electron chi connectivity index (χ4n) is 3.77. The molecule has 1 unspecified atom stereocenters. The molecule has 0 aliphatic carbocycles. The van der Waals surface area contributed by atoms with Crippen molar-refractivity contribution in [1.29, 1.82) is 0 Å². The fraction of sp³-hybridized carbons (Fsp3) is 0.160. The first-order valence-corrected chi connectivity index (χ1v) is 10.4. The van der Waals surface area contributed by atoms with Gasteiger partial charge in [0.25, 0.3) is 11.8 Å². The number of hydrogen-bond acceptors (Lipinski definition) is 4. The summed E-state index contributed by atoms with van der Waals surface area (Å²) in [5.74, 6) is -0.868. The summed E-state index contributed by atoms with van der Waals surface area (Å²) in [7, 11) is 0. The number of rotatable bonds is 6. The van der Waals surface area contributed by atoms with Crippen molar-refractivity contribution in [2.24, 2.45) is 5.73 Å². The normalized spacial score (nSPS) is 15.0. The number of hydrogen-bond donors (Lipinski definition) is 3. The van der Waals surface area contributed by atoms with E-state index in [2.05, 4.69) is 10.6 Å². The molecule has 3 aromatic rings. The smallest absolute Gasteiger partial charge is 0.259 e. The lowest BCUT2D eigenvalue weighted by molar-refractivity contribution is -0.117. The van der Waals surface area contributed by atoms with E-state index >= 15 is 0 Å². The number of fused-ring (bicyclic) bond motifs is 1. The predicted molar refractivity (Wildman–Crippen MR) is 124 cm³/mol. The summed E-state index contributed by atoms with van der Waals surface area (Å²) in [6.07, 6.45) is 0.365. The van der Waals surface area contributed by atoms with Gasteiger partial charge in [-0.25, -0.2) is 0 Å². The van der Waals surface area contributed by atoms with Crippen LogP contribution in [-0.4, -0.2) is 36.9 Å². The molecule has 0 radical (unpaired) electrons. The van der Waals surface area contributed by atoms with E-state index in [0.717, 1.165) is 5.56 Å². The monoisotopic (exact) mass is 428 g/mol. The van der Waals surface area contributed by atoms with Gasteiger partial charge in [-0.3, -0.25) is 19.3 Å². The van der Waals surface area contributed by atoms with Crippen molar-refractivity contribution in [3.63, 3.8) is 0 Å². The van der Waals surface area contributed by atoms with Crippen LogP contribution in [0.4, 0.5) is 11.4 Å². The van der Waals surface area contributed by atoms with Gasteiger partial charge in [-0.15, -0.1) is 0 Å². The van der Waals surface area contributed by atoms with E-state index in [-0.39, 0.29) is 17.7 Å². The lowest BCUT2D eigenvalue weighted by atomic mass is 9.98. The number of carbonyl (C=O) groups is 3. The maximum absolute atomic E-state index is 13.5. The molecule has 1 heterocycles. The molecule has 7 nitrogen and oxygen atoms in total. The minimum Gasteiger partial charge on any atom is -0.351 e. The van der Waals surface area contributed by atoms with E-state index in [4.69, 9.17) is 5.73 Å². The molecule has 0 saturated carbocycles. The summed E-state index contributed by atoms with van der Waals surface area (Å²) >= 11 is 0. The third-order valence-corrected chi connectivity index (χ3v) is 5.33. The Morgan fingerprint density at radius 2 is 1.62 bits per heavy atom. The minimum absolute atomic E-state index is 0.275. The molecule has 7 heteroatoms. The Hall–Kier alpha value is -3.97. The summed E-state index contributed by atoms with van der Waals surface area (Å²) in [4.78, 5) is 40.5. The number of carbonyl (C=O) groups excluding carboxylic acids is 3. The first kappa shape index (κ1) is 21.3. The topological polar surface area (TPSA) is 105 Å². The molecule has 32 heavy (non-hydrogen) atoms. The lowest BCUT2D eigenvalue weighted by Crippen LogP contribution is -2.52. The van der Waals surface area contributed by atoms with Crippen LogP contribution in [0.5, 0.6) is 0 Å². The van der Waals surface area contributed by atoms with Crippen LogP contribution < -0.4 is 21.3 Å². The molecule has 0 aromatic heterocycles. The third kappa shape index (κ3) is 4.38. The first-order chi connectivity index (χ1) is 15.6. The summed E-state index contributed by atoms with van der Waals surface area (Å²) in [5.41, 5.74) is 8.23. The Morgan fingerprint density at radius 1 is 0.938 bits per heavy atom. The highest BCUT2D eigenvalue weighted by atomic mass is 16.2. The molecule has 1 aliphatic heterocycles. The Kier molecular flexibility index (Phi) is 6.28. The van der Waals surface area contributed by atoms with Gasteiger partial charge in [-0.2, -0.15) is 0 Å². The summed E-state index contributed by atoms with van der Waals surface area (Å²) in [6.45, 7) is 0.675. The molecule has 0 fully saturated rings. The number of nitrogens with one attached hydrogen (secondary N) is 2. The number of nitrogens with zero attached hydrogens (tertiary/aromatic N) is 1. The molecular weight excluding hydrogens is 404 g/mol. The van der Waals surface area contributed by atoms with Crippen molar-refractivity contribution >= 4 is 29.1 Å². The van der Waals surface area contributed by atoms with Crippen molar-refractivity contribution in [3.05, 3.63) is 95.6 Å². The molecule has 0 saturated heterocycles. The molecule has 3 aromatic carbocycles. The highest BCUT2D eigenvalue weighted by molar-refractivity contribution is 6.17. The summed E-state index contributed by atoms with van der Waals surface area (Å²) < 4.78 is 0. The lowest BCUT2D eigenvalue weighted by Gasteiger charge is -2.37. The van der Waals surface area contributed by atoms with Crippen LogP contribution in [0.15, 0.2) is 78.9 Å². The Bertz CT molecular complexity index is 1130. The Morgan fingerprint density at radius 3 is 2.31 bits per heavy atom. The van der Waals surface area contributed by atoms with Crippen molar-refractivity contribution in [2.75, 3.05) is 23.3 Å². The molecular formula is C25H24N4O3. The van der Waals surface area contributed by atoms with Gasteiger partial charge in [0.05, 0.1) is 11.4 Å². The van der Waals surface area contributed by atoms with Crippen LogP contribution in [0.25, 0.3) is 0 Å². The molecule has 0 spiro atoms. The highest BCUT2D eigenvalue weighted by Gasteiger charge is 2.37. The third-order valence-electron chi connectivity index (χ3n) is 5.33. The van der Waals surface area contributed by atoms with Gasteiger partial charge < -0.3 is 16.4 Å². The zero-order valence-electron chi connectivity index (χ0n) is 17.5. The van der Waals surface area contributed by atoms with Gasteiger partial charge in [0.15, 0.2) is 0 Å². The fourth-order valence-corrected chi connectivity index (χ4v) is 3.77. The van der Waals surface area contributed by atoms with Gasteiger partial charge in [0.1, 0.15) is 6.04 Å². The number of benzene rings is 3. The second-order valence-corrected chi connectivity index (χ2v) is 7.51. The Labute approximate surface area is 186 Å².